The van der Waals surface area contributed by atoms with Crippen molar-refractivity contribution in [2.45, 2.75) is 58.3 Å². The molecular formula is C16H27N5. The van der Waals surface area contributed by atoms with Crippen molar-refractivity contribution >= 4 is 11.6 Å². The van der Waals surface area contributed by atoms with E-state index in [0.717, 1.165) is 24.7 Å². The van der Waals surface area contributed by atoms with E-state index in [4.69, 9.17) is 10.8 Å². The van der Waals surface area contributed by atoms with Crippen LogP contribution in [0.5, 0.6) is 0 Å². The summed E-state index contributed by atoms with van der Waals surface area (Å²) in [6, 6.07) is 1.97. The van der Waals surface area contributed by atoms with Gasteiger partial charge in [-0.1, -0.05) is 26.7 Å². The van der Waals surface area contributed by atoms with E-state index in [1.807, 2.05) is 6.07 Å². The van der Waals surface area contributed by atoms with Gasteiger partial charge in [0.05, 0.1) is 0 Å². The van der Waals surface area contributed by atoms with Crippen molar-refractivity contribution < 1.29 is 0 Å². The van der Waals surface area contributed by atoms with Gasteiger partial charge in [-0.05, 0) is 31.1 Å². The van der Waals surface area contributed by atoms with Crippen LogP contribution in [-0.4, -0.2) is 23.1 Å². The van der Waals surface area contributed by atoms with Gasteiger partial charge in [0.25, 0.3) is 0 Å². The lowest BCUT2D eigenvalue weighted by molar-refractivity contribution is 0.226. The summed E-state index contributed by atoms with van der Waals surface area (Å²) in [6.07, 6.45) is 8.31. The molecule has 2 heterocycles. The van der Waals surface area contributed by atoms with Gasteiger partial charge >= 0.3 is 0 Å². The highest BCUT2D eigenvalue weighted by Crippen LogP contribution is 2.46. The van der Waals surface area contributed by atoms with E-state index in [1.54, 1.807) is 0 Å². The largest absolute Gasteiger partial charge is 0.356 e. The summed E-state index contributed by atoms with van der Waals surface area (Å²) in [5.74, 6) is 8.46. The third kappa shape index (κ3) is 2.98. The lowest BCUT2D eigenvalue weighted by Crippen LogP contribution is -2.39. The van der Waals surface area contributed by atoms with E-state index in [9.17, 15) is 0 Å². The number of hydrogen-bond acceptors (Lipinski definition) is 5. The Morgan fingerprint density at radius 2 is 1.81 bits per heavy atom. The highest BCUT2D eigenvalue weighted by molar-refractivity contribution is 5.49. The van der Waals surface area contributed by atoms with Crippen LogP contribution in [0.15, 0.2) is 6.07 Å². The fraction of sp³-hybridized carbons (Fsp3) is 0.750. The van der Waals surface area contributed by atoms with Crippen LogP contribution in [-0.2, 0) is 0 Å². The van der Waals surface area contributed by atoms with Crippen LogP contribution in [0.25, 0.3) is 0 Å². The average molecular weight is 289 g/mol. The van der Waals surface area contributed by atoms with Gasteiger partial charge in [0.15, 0.2) is 0 Å². The number of nitrogens with one attached hydrogen (secondary N) is 1. The second-order valence-electron chi connectivity index (χ2n) is 6.96. The smallest absolute Gasteiger partial charge is 0.145 e. The van der Waals surface area contributed by atoms with E-state index < -0.39 is 0 Å². The number of aromatic nitrogens is 2. The van der Waals surface area contributed by atoms with Crippen LogP contribution >= 0.6 is 0 Å². The van der Waals surface area contributed by atoms with Crippen LogP contribution in [0.3, 0.4) is 0 Å². The minimum absolute atomic E-state index is 0.308. The first-order valence-electron chi connectivity index (χ1n) is 8.22. The molecule has 116 valence electrons. The Kier molecular flexibility index (Phi) is 4.02. The highest BCUT2D eigenvalue weighted by Gasteiger charge is 2.37. The third-order valence-corrected chi connectivity index (χ3v) is 5.21. The fourth-order valence-corrected chi connectivity index (χ4v) is 3.78. The number of hydrogen-bond donors (Lipinski definition) is 2. The molecule has 1 spiro atoms. The van der Waals surface area contributed by atoms with Gasteiger partial charge in [0.1, 0.15) is 17.5 Å². The summed E-state index contributed by atoms with van der Waals surface area (Å²) in [5, 5.41) is 0. The number of nitrogens with zero attached hydrogens (tertiary/aromatic N) is 3. The van der Waals surface area contributed by atoms with Crippen LogP contribution in [0.2, 0.25) is 0 Å². The summed E-state index contributed by atoms with van der Waals surface area (Å²) in [7, 11) is 0. The van der Waals surface area contributed by atoms with Crippen molar-refractivity contribution in [3.05, 3.63) is 11.9 Å². The summed E-state index contributed by atoms with van der Waals surface area (Å²) in [6.45, 7) is 6.45. The monoisotopic (exact) mass is 289 g/mol. The quantitative estimate of drug-likeness (QED) is 0.661. The number of anilines is 2. The first kappa shape index (κ1) is 14.6. The molecule has 1 aromatic rings. The molecule has 21 heavy (non-hydrogen) atoms. The van der Waals surface area contributed by atoms with Crippen molar-refractivity contribution in [2.75, 3.05) is 23.4 Å². The molecular weight excluding hydrogens is 262 g/mol. The van der Waals surface area contributed by atoms with E-state index in [-0.39, 0.29) is 0 Å². The Balaban J connectivity index is 1.76. The molecule has 5 heteroatoms. The van der Waals surface area contributed by atoms with Crippen LogP contribution in [0, 0.1) is 5.41 Å². The van der Waals surface area contributed by atoms with Crippen LogP contribution in [0.1, 0.15) is 64.1 Å². The van der Waals surface area contributed by atoms with E-state index in [1.165, 1.54) is 38.5 Å². The van der Waals surface area contributed by atoms with Gasteiger partial charge in [0, 0.05) is 25.1 Å². The Morgan fingerprint density at radius 1 is 1.14 bits per heavy atom. The summed E-state index contributed by atoms with van der Waals surface area (Å²) in [5.41, 5.74) is 3.31. The molecule has 0 aromatic carbocycles. The number of piperidine rings is 1. The molecule has 3 N–H and O–H groups in total. The van der Waals surface area contributed by atoms with Gasteiger partial charge < -0.3 is 10.3 Å². The topological polar surface area (TPSA) is 67.1 Å². The number of nitrogens with two attached hydrogens (primary N) is 1. The third-order valence-electron chi connectivity index (χ3n) is 5.21. The Bertz CT molecular complexity index is 483. The molecule has 3 rings (SSSR count). The number of nitrogen functional groups attached to an aromatic ring is 1. The van der Waals surface area contributed by atoms with E-state index in [0.29, 0.717) is 17.2 Å². The van der Waals surface area contributed by atoms with Crippen LogP contribution in [0.4, 0.5) is 11.6 Å². The van der Waals surface area contributed by atoms with E-state index >= 15 is 0 Å². The van der Waals surface area contributed by atoms with Crippen molar-refractivity contribution in [1.29, 1.82) is 0 Å². The molecule has 0 bridgehead atoms. The summed E-state index contributed by atoms with van der Waals surface area (Å²) in [4.78, 5) is 11.6. The zero-order valence-corrected chi connectivity index (χ0v) is 13.2. The molecule has 1 aliphatic heterocycles. The Morgan fingerprint density at radius 3 is 2.38 bits per heavy atom. The molecule has 0 radical (unpaired) electrons. The van der Waals surface area contributed by atoms with Gasteiger partial charge in [0.2, 0.25) is 0 Å². The average Bonchev–Trinajstić information content (AvgIpc) is 2.95. The Labute approximate surface area is 127 Å². The minimum Gasteiger partial charge on any atom is -0.356 e. The molecule has 0 amide bonds. The molecule has 0 atom stereocenters. The summed E-state index contributed by atoms with van der Waals surface area (Å²) >= 11 is 0. The van der Waals surface area contributed by atoms with Gasteiger partial charge in [-0.25, -0.2) is 15.8 Å². The lowest BCUT2D eigenvalue weighted by Gasteiger charge is -2.40. The second kappa shape index (κ2) is 5.79. The van der Waals surface area contributed by atoms with Crippen LogP contribution < -0.4 is 16.2 Å². The highest BCUT2D eigenvalue weighted by atomic mass is 15.3. The maximum Gasteiger partial charge on any atom is 0.145 e. The first-order valence-corrected chi connectivity index (χ1v) is 8.22. The van der Waals surface area contributed by atoms with Gasteiger partial charge in [-0.3, -0.25) is 0 Å². The standard InChI is InChI=1S/C16H27N5/c1-12(2)15-18-13(20-17)11-14(19-15)21-9-7-16(8-10-21)5-3-4-6-16/h11-12H,3-10,17H2,1-2H3,(H,18,19,20). The maximum atomic E-state index is 5.55. The lowest BCUT2D eigenvalue weighted by atomic mass is 9.77. The SMILES string of the molecule is CC(C)c1nc(NN)cc(N2CCC3(CCCC3)CC2)n1. The molecule has 5 nitrogen and oxygen atoms in total. The predicted molar refractivity (Wildman–Crippen MR) is 86.3 cm³/mol. The van der Waals surface area contributed by atoms with Gasteiger partial charge in [-0.15, -0.1) is 0 Å². The Hall–Kier alpha value is -1.36. The minimum atomic E-state index is 0.308. The van der Waals surface area contributed by atoms with Gasteiger partial charge in [-0.2, -0.15) is 0 Å². The molecule has 1 aliphatic carbocycles. The second-order valence-corrected chi connectivity index (χ2v) is 6.96. The number of rotatable bonds is 3. The maximum absolute atomic E-state index is 5.55. The fourth-order valence-electron chi connectivity index (χ4n) is 3.78. The first-order chi connectivity index (χ1) is 10.1. The molecule has 1 aromatic heterocycles. The molecule has 1 saturated heterocycles. The van der Waals surface area contributed by atoms with Crippen molar-refractivity contribution in [3.63, 3.8) is 0 Å². The summed E-state index contributed by atoms with van der Waals surface area (Å²) < 4.78 is 0. The zero-order valence-electron chi connectivity index (χ0n) is 13.2. The van der Waals surface area contributed by atoms with Crippen molar-refractivity contribution in [1.82, 2.24) is 9.97 Å². The molecule has 2 fully saturated rings. The van der Waals surface area contributed by atoms with Crippen molar-refractivity contribution in [3.8, 4) is 0 Å². The zero-order chi connectivity index (χ0) is 14.9. The van der Waals surface area contributed by atoms with E-state index in [2.05, 4.69) is 29.2 Å². The number of hydrazine groups is 1. The molecule has 2 aliphatic rings. The van der Waals surface area contributed by atoms with Crippen molar-refractivity contribution in [2.24, 2.45) is 11.3 Å². The molecule has 1 saturated carbocycles. The normalized spacial score (nSPS) is 21.2. The molecule has 0 unspecified atom stereocenters. The predicted octanol–water partition coefficient (Wildman–Crippen LogP) is 3.05.